The van der Waals surface area contributed by atoms with Crippen LogP contribution in [0.5, 0.6) is 0 Å². The molecule has 0 aliphatic carbocycles. The predicted molar refractivity (Wildman–Crippen MR) is 46.4 cm³/mol. The van der Waals surface area contributed by atoms with E-state index in [0.29, 0.717) is 5.56 Å². The number of carboxylic acid groups (broad SMARTS) is 1. The van der Waals surface area contributed by atoms with E-state index in [1.165, 1.54) is 0 Å². The number of nitrogens with zero attached hydrogens (tertiary/aromatic N) is 1. The van der Waals surface area contributed by atoms with Crippen LogP contribution in [0, 0.1) is 11.3 Å². The maximum absolute atomic E-state index is 10.5. The second kappa shape index (κ2) is 3.13. The Morgan fingerprint density at radius 3 is 2.50 bits per heavy atom. The summed E-state index contributed by atoms with van der Waals surface area (Å²) in [5.41, 5.74) is 1.36. The van der Waals surface area contributed by atoms with Gasteiger partial charge in [-0.2, -0.15) is 5.26 Å². The fraction of sp³-hybridized carbons (Fsp3) is 0.200. The zero-order chi connectivity index (χ0) is 10.1. The number of epoxide rings is 1. The number of hydrogen-bond acceptors (Lipinski definition) is 3. The highest BCUT2D eigenvalue weighted by molar-refractivity contribution is 5.76. The smallest absolute Gasteiger partial charge is 0.335 e. The molecule has 0 bridgehead atoms. The van der Waals surface area contributed by atoms with Gasteiger partial charge in [0, 0.05) is 0 Å². The number of hydrogen-bond donors (Lipinski definition) is 1. The lowest BCUT2D eigenvalue weighted by Crippen LogP contribution is -2.04. The summed E-state index contributed by atoms with van der Waals surface area (Å²) in [5.74, 6) is -0.945. The molecule has 1 saturated heterocycles. The molecule has 0 unspecified atom stereocenters. The molecule has 2 atom stereocenters. The molecule has 0 radical (unpaired) electrons. The van der Waals surface area contributed by atoms with Crippen LogP contribution in [0.3, 0.4) is 0 Å². The fourth-order valence-electron chi connectivity index (χ4n) is 1.30. The number of carboxylic acids is 1. The van der Waals surface area contributed by atoms with E-state index in [9.17, 15) is 4.79 Å². The molecule has 1 aliphatic heterocycles. The Hall–Kier alpha value is -1.86. The normalized spacial score (nSPS) is 23.9. The largest absolute Gasteiger partial charge is 0.479 e. The Labute approximate surface area is 80.3 Å². The molecule has 1 fully saturated rings. The van der Waals surface area contributed by atoms with Crippen LogP contribution in [0.4, 0.5) is 0 Å². The lowest BCUT2D eigenvalue weighted by Gasteiger charge is -1.94. The summed E-state index contributed by atoms with van der Waals surface area (Å²) in [5, 5.41) is 17.2. The van der Waals surface area contributed by atoms with E-state index in [2.05, 4.69) is 0 Å². The van der Waals surface area contributed by atoms with Gasteiger partial charge in [-0.3, -0.25) is 0 Å². The van der Waals surface area contributed by atoms with Crippen LogP contribution in [0.1, 0.15) is 17.2 Å². The molecule has 4 nitrogen and oxygen atoms in total. The minimum absolute atomic E-state index is 0.347. The number of ether oxygens (including phenoxy) is 1. The third-order valence-corrected chi connectivity index (χ3v) is 2.10. The van der Waals surface area contributed by atoms with E-state index in [-0.39, 0.29) is 6.10 Å². The van der Waals surface area contributed by atoms with E-state index >= 15 is 0 Å². The second-order valence-corrected chi connectivity index (χ2v) is 3.05. The van der Waals surface area contributed by atoms with Gasteiger partial charge in [-0.15, -0.1) is 0 Å². The van der Waals surface area contributed by atoms with Crippen molar-refractivity contribution in [2.24, 2.45) is 0 Å². The van der Waals surface area contributed by atoms with Gasteiger partial charge in [0.2, 0.25) is 0 Å². The van der Waals surface area contributed by atoms with E-state index < -0.39 is 12.1 Å². The summed E-state index contributed by atoms with van der Waals surface area (Å²) in [7, 11) is 0. The number of nitriles is 1. The summed E-state index contributed by atoms with van der Waals surface area (Å²) in [6.07, 6.45) is -1.07. The number of aliphatic carboxylic acids is 1. The number of carbonyl (C=O) groups is 1. The Morgan fingerprint density at radius 2 is 2.07 bits per heavy atom. The maximum Gasteiger partial charge on any atom is 0.335 e. The first-order valence-electron chi connectivity index (χ1n) is 4.10. The molecule has 0 amide bonds. The SMILES string of the molecule is N#Cc1ccc([C@@H]2O[C@H]2C(=O)O)cc1. The van der Waals surface area contributed by atoms with Gasteiger partial charge < -0.3 is 9.84 Å². The van der Waals surface area contributed by atoms with Crippen molar-refractivity contribution in [3.05, 3.63) is 35.4 Å². The molecule has 1 heterocycles. The van der Waals surface area contributed by atoms with Crippen LogP contribution in [0.25, 0.3) is 0 Å². The summed E-state index contributed by atoms with van der Waals surface area (Å²) in [6.45, 7) is 0. The van der Waals surface area contributed by atoms with Crippen LogP contribution >= 0.6 is 0 Å². The molecular formula is C10H7NO3. The molecule has 1 aromatic carbocycles. The van der Waals surface area contributed by atoms with Crippen molar-refractivity contribution in [1.29, 1.82) is 5.26 Å². The van der Waals surface area contributed by atoms with Gasteiger partial charge in [0.25, 0.3) is 0 Å². The van der Waals surface area contributed by atoms with Crippen LogP contribution in [0.15, 0.2) is 24.3 Å². The Kier molecular flexibility index (Phi) is 1.95. The van der Waals surface area contributed by atoms with E-state index in [1.807, 2.05) is 6.07 Å². The third-order valence-electron chi connectivity index (χ3n) is 2.10. The van der Waals surface area contributed by atoms with Crippen LogP contribution < -0.4 is 0 Å². The van der Waals surface area contributed by atoms with Gasteiger partial charge in [-0.25, -0.2) is 4.79 Å². The van der Waals surface area contributed by atoms with Crippen molar-refractivity contribution in [3.63, 3.8) is 0 Å². The van der Waals surface area contributed by atoms with Gasteiger partial charge in [-0.1, -0.05) is 12.1 Å². The standard InChI is InChI=1S/C10H7NO3/c11-5-6-1-3-7(4-2-6)8-9(14-8)10(12)13/h1-4,8-9H,(H,12,13)/t8-,9+/m0/s1. The van der Waals surface area contributed by atoms with E-state index in [0.717, 1.165) is 5.56 Å². The molecule has 14 heavy (non-hydrogen) atoms. The molecule has 0 aromatic heterocycles. The van der Waals surface area contributed by atoms with Crippen LogP contribution in [-0.4, -0.2) is 17.2 Å². The third kappa shape index (κ3) is 1.45. The van der Waals surface area contributed by atoms with Crippen molar-refractivity contribution in [3.8, 4) is 6.07 Å². The van der Waals surface area contributed by atoms with E-state index in [1.54, 1.807) is 24.3 Å². The molecule has 0 spiro atoms. The van der Waals surface area contributed by atoms with E-state index in [4.69, 9.17) is 15.1 Å². The Bertz CT molecular complexity index is 404. The Balaban J connectivity index is 2.13. The predicted octanol–water partition coefficient (Wildman–Crippen LogP) is 1.08. The first kappa shape index (κ1) is 8.73. The molecule has 2 rings (SSSR count). The molecular weight excluding hydrogens is 182 g/mol. The average Bonchev–Trinajstić information content (AvgIpc) is 2.97. The highest BCUT2D eigenvalue weighted by Crippen LogP contribution is 2.38. The molecule has 1 aliphatic rings. The highest BCUT2D eigenvalue weighted by Gasteiger charge is 2.46. The minimum Gasteiger partial charge on any atom is -0.479 e. The van der Waals surface area contributed by atoms with Crippen LogP contribution in [-0.2, 0) is 9.53 Å². The number of benzene rings is 1. The zero-order valence-electron chi connectivity index (χ0n) is 7.18. The molecule has 70 valence electrons. The van der Waals surface area contributed by atoms with Crippen molar-refractivity contribution >= 4 is 5.97 Å². The van der Waals surface area contributed by atoms with Gasteiger partial charge in [0.15, 0.2) is 6.10 Å². The number of rotatable bonds is 2. The first-order valence-corrected chi connectivity index (χ1v) is 4.10. The highest BCUT2D eigenvalue weighted by atomic mass is 16.6. The van der Waals surface area contributed by atoms with Crippen molar-refractivity contribution in [2.75, 3.05) is 0 Å². The van der Waals surface area contributed by atoms with Crippen LogP contribution in [0.2, 0.25) is 0 Å². The van der Waals surface area contributed by atoms with Gasteiger partial charge in [0.05, 0.1) is 11.6 Å². The van der Waals surface area contributed by atoms with Crippen molar-refractivity contribution in [2.45, 2.75) is 12.2 Å². The Morgan fingerprint density at radius 1 is 1.43 bits per heavy atom. The molecule has 1 aromatic rings. The lowest BCUT2D eigenvalue weighted by molar-refractivity contribution is -0.138. The molecule has 0 saturated carbocycles. The van der Waals surface area contributed by atoms with Gasteiger partial charge in [0.1, 0.15) is 6.10 Å². The van der Waals surface area contributed by atoms with Gasteiger partial charge in [-0.05, 0) is 17.7 Å². The quantitative estimate of drug-likeness (QED) is 0.706. The summed E-state index contributed by atoms with van der Waals surface area (Å²) in [4.78, 5) is 10.5. The summed E-state index contributed by atoms with van der Waals surface area (Å²) < 4.78 is 4.96. The maximum atomic E-state index is 10.5. The monoisotopic (exact) mass is 189 g/mol. The first-order chi connectivity index (χ1) is 6.72. The zero-order valence-corrected chi connectivity index (χ0v) is 7.18. The molecule has 1 N–H and O–H groups in total. The van der Waals surface area contributed by atoms with Crippen molar-refractivity contribution in [1.82, 2.24) is 0 Å². The minimum atomic E-state index is -0.945. The molecule has 4 heteroatoms. The average molecular weight is 189 g/mol. The summed E-state index contributed by atoms with van der Waals surface area (Å²) >= 11 is 0. The second-order valence-electron chi connectivity index (χ2n) is 3.05. The van der Waals surface area contributed by atoms with Crippen molar-refractivity contribution < 1.29 is 14.6 Å². The van der Waals surface area contributed by atoms with Gasteiger partial charge >= 0.3 is 5.97 Å². The lowest BCUT2D eigenvalue weighted by atomic mass is 10.1. The fourth-order valence-corrected chi connectivity index (χ4v) is 1.30. The topological polar surface area (TPSA) is 73.6 Å². The summed E-state index contributed by atoms with van der Waals surface area (Å²) in [6, 6.07) is 8.72.